The molecule has 0 saturated carbocycles. The van der Waals surface area contributed by atoms with Crippen molar-refractivity contribution in [3.8, 4) is 5.75 Å². The number of hydrogen-bond donors (Lipinski definition) is 0. The zero-order chi connectivity index (χ0) is 17.4. The second-order valence-electron chi connectivity index (χ2n) is 4.76. The Bertz CT molecular complexity index is 750. The molecule has 0 radical (unpaired) electrons. The first kappa shape index (κ1) is 17.1. The van der Waals surface area contributed by atoms with Gasteiger partial charge < -0.3 is 14.4 Å². The van der Waals surface area contributed by atoms with Crippen molar-refractivity contribution in [2.75, 3.05) is 12.0 Å². The minimum absolute atomic E-state index is 0.391. The van der Waals surface area contributed by atoms with Gasteiger partial charge in [-0.2, -0.15) is 0 Å². The van der Waals surface area contributed by atoms with E-state index in [4.69, 9.17) is 4.74 Å². The van der Waals surface area contributed by atoms with Crippen LogP contribution in [0.15, 0.2) is 91.7 Å². The maximum absolute atomic E-state index is 11.3. The molecule has 122 valence electrons. The number of allylic oxidation sites excluding steroid dienone is 3. The number of anilines is 2. The molecule has 0 N–H and O–H groups in total. The first-order valence-electron chi connectivity index (χ1n) is 7.35. The number of para-hydroxylation sites is 1. The largest absolute Gasteiger partial charge is 0.513 e. The van der Waals surface area contributed by atoms with E-state index < -0.39 is 6.16 Å². The monoisotopic (exact) mass is 321 g/mol. The van der Waals surface area contributed by atoms with Crippen molar-refractivity contribution in [2.24, 2.45) is 0 Å². The summed E-state index contributed by atoms with van der Waals surface area (Å²) in [4.78, 5) is 13.3. The highest BCUT2D eigenvalue weighted by Gasteiger charge is 2.14. The summed E-state index contributed by atoms with van der Waals surface area (Å²) in [7, 11) is 1.27. The van der Waals surface area contributed by atoms with Gasteiger partial charge in [-0.25, -0.2) is 4.79 Å². The van der Waals surface area contributed by atoms with Crippen LogP contribution in [0.25, 0.3) is 0 Å². The van der Waals surface area contributed by atoms with Crippen molar-refractivity contribution in [3.05, 3.63) is 91.7 Å². The van der Waals surface area contributed by atoms with Gasteiger partial charge in [-0.3, -0.25) is 0 Å². The van der Waals surface area contributed by atoms with Crippen LogP contribution in [0.1, 0.15) is 0 Å². The zero-order valence-electron chi connectivity index (χ0n) is 13.5. The second-order valence-corrected chi connectivity index (χ2v) is 4.76. The summed E-state index contributed by atoms with van der Waals surface area (Å²) in [5, 5.41) is 0. The van der Waals surface area contributed by atoms with E-state index in [1.54, 1.807) is 30.4 Å². The average Bonchev–Trinajstić information content (AvgIpc) is 2.62. The molecule has 0 aliphatic rings. The third-order valence-electron chi connectivity index (χ3n) is 3.21. The van der Waals surface area contributed by atoms with Crippen LogP contribution in [0.4, 0.5) is 16.2 Å². The summed E-state index contributed by atoms with van der Waals surface area (Å²) in [6.45, 7) is 7.62. The first-order chi connectivity index (χ1) is 11.7. The Hall–Kier alpha value is -3.27. The molecular formula is C20H19NO3. The minimum atomic E-state index is -0.760. The van der Waals surface area contributed by atoms with Gasteiger partial charge in [0.2, 0.25) is 0 Å². The molecule has 0 aliphatic heterocycles. The third-order valence-corrected chi connectivity index (χ3v) is 3.21. The molecule has 2 rings (SSSR count). The molecule has 0 fully saturated rings. The molecule has 4 nitrogen and oxygen atoms in total. The zero-order valence-corrected chi connectivity index (χ0v) is 13.5. The number of rotatable bonds is 6. The molecule has 0 amide bonds. The molecule has 2 aromatic rings. The van der Waals surface area contributed by atoms with Crippen LogP contribution in [0.5, 0.6) is 5.75 Å². The fourth-order valence-electron chi connectivity index (χ4n) is 2.20. The van der Waals surface area contributed by atoms with E-state index in [-0.39, 0.29) is 0 Å². The van der Waals surface area contributed by atoms with E-state index in [9.17, 15) is 4.79 Å². The summed E-state index contributed by atoms with van der Waals surface area (Å²) in [5.74, 6) is 0.391. The Labute approximate surface area is 141 Å². The molecule has 0 heterocycles. The summed E-state index contributed by atoms with van der Waals surface area (Å²) < 4.78 is 9.64. The van der Waals surface area contributed by atoms with Gasteiger partial charge in [0.1, 0.15) is 5.75 Å². The van der Waals surface area contributed by atoms with E-state index >= 15 is 0 Å². The van der Waals surface area contributed by atoms with Gasteiger partial charge in [0, 0.05) is 23.1 Å². The van der Waals surface area contributed by atoms with Crippen molar-refractivity contribution < 1.29 is 14.3 Å². The lowest BCUT2D eigenvalue weighted by Gasteiger charge is -2.26. The van der Waals surface area contributed by atoms with E-state index in [1.165, 1.54) is 7.11 Å². The Morgan fingerprint density at radius 3 is 2.38 bits per heavy atom. The molecule has 4 heteroatoms. The molecule has 0 bridgehead atoms. The van der Waals surface area contributed by atoms with Crippen molar-refractivity contribution in [2.45, 2.75) is 0 Å². The molecule has 24 heavy (non-hydrogen) atoms. The van der Waals surface area contributed by atoms with Gasteiger partial charge >= 0.3 is 6.16 Å². The lowest BCUT2D eigenvalue weighted by atomic mass is 10.2. The van der Waals surface area contributed by atoms with Crippen LogP contribution < -0.4 is 9.64 Å². The lowest BCUT2D eigenvalue weighted by molar-refractivity contribution is 0.121. The molecule has 0 aliphatic carbocycles. The Kier molecular flexibility index (Phi) is 5.97. The Morgan fingerprint density at radius 1 is 1.04 bits per heavy atom. The van der Waals surface area contributed by atoms with Gasteiger partial charge in [-0.05, 0) is 36.4 Å². The highest BCUT2D eigenvalue weighted by atomic mass is 16.7. The maximum Gasteiger partial charge on any atom is 0.513 e. The van der Waals surface area contributed by atoms with Crippen LogP contribution in [-0.4, -0.2) is 13.3 Å². The van der Waals surface area contributed by atoms with Crippen molar-refractivity contribution in [1.82, 2.24) is 0 Å². The van der Waals surface area contributed by atoms with Gasteiger partial charge in [0.05, 0.1) is 7.11 Å². The molecule has 0 unspecified atom stereocenters. The maximum atomic E-state index is 11.3. The van der Waals surface area contributed by atoms with Gasteiger partial charge in [0.25, 0.3) is 0 Å². The number of benzene rings is 2. The van der Waals surface area contributed by atoms with E-state index in [0.29, 0.717) is 5.75 Å². The van der Waals surface area contributed by atoms with Crippen LogP contribution >= 0.6 is 0 Å². The molecule has 2 aromatic carbocycles. The minimum Gasteiger partial charge on any atom is -0.437 e. The number of carbonyl (C=O) groups is 1. The third kappa shape index (κ3) is 4.14. The quantitative estimate of drug-likeness (QED) is 0.415. The van der Waals surface area contributed by atoms with Crippen molar-refractivity contribution in [1.29, 1.82) is 0 Å². The fraction of sp³-hybridized carbons (Fsp3) is 0.0500. The second kappa shape index (κ2) is 8.39. The summed E-state index contributed by atoms with van der Waals surface area (Å²) >= 11 is 0. The lowest BCUT2D eigenvalue weighted by Crippen LogP contribution is -2.15. The number of methoxy groups -OCH3 is 1. The molecule has 0 saturated heterocycles. The number of ether oxygens (including phenoxy) is 2. The fourth-order valence-corrected chi connectivity index (χ4v) is 2.20. The number of nitrogens with zero attached hydrogens (tertiary/aromatic N) is 1. The van der Waals surface area contributed by atoms with Crippen LogP contribution in [-0.2, 0) is 4.74 Å². The summed E-state index contributed by atoms with van der Waals surface area (Å²) in [6.07, 6.45) is 4.53. The number of hydrogen-bond acceptors (Lipinski definition) is 4. The summed E-state index contributed by atoms with van der Waals surface area (Å²) in [5.41, 5.74) is 2.60. The highest BCUT2D eigenvalue weighted by molar-refractivity contribution is 5.72. The van der Waals surface area contributed by atoms with Crippen LogP contribution in [0.3, 0.4) is 0 Å². The number of carbonyl (C=O) groups excluding carboxylic acids is 1. The van der Waals surface area contributed by atoms with E-state index in [1.807, 2.05) is 47.4 Å². The topological polar surface area (TPSA) is 38.8 Å². The van der Waals surface area contributed by atoms with Crippen LogP contribution in [0, 0.1) is 0 Å². The smallest absolute Gasteiger partial charge is 0.437 e. The normalized spacial score (nSPS) is 10.6. The van der Waals surface area contributed by atoms with Crippen LogP contribution in [0.2, 0.25) is 0 Å². The predicted octanol–water partition coefficient (Wildman–Crippen LogP) is 5.23. The highest BCUT2D eigenvalue weighted by Crippen LogP contribution is 2.32. The predicted molar refractivity (Wildman–Crippen MR) is 96.5 cm³/mol. The molecular weight excluding hydrogens is 302 g/mol. The molecule has 0 atom stereocenters. The summed E-state index contributed by atoms with van der Waals surface area (Å²) in [6, 6.07) is 17.0. The Balaban J connectivity index is 2.50. The van der Waals surface area contributed by atoms with E-state index in [0.717, 1.165) is 17.1 Å². The van der Waals surface area contributed by atoms with Gasteiger partial charge in [-0.15, -0.1) is 0 Å². The molecule has 0 aromatic heterocycles. The Morgan fingerprint density at radius 2 is 1.75 bits per heavy atom. The van der Waals surface area contributed by atoms with Crippen molar-refractivity contribution in [3.63, 3.8) is 0 Å². The average molecular weight is 321 g/mol. The standard InChI is InChI=1S/C20H19NO3/c1-4-10-16(5-2)21(17-11-7-6-8-12-17)18-13-9-14-19(15-18)24-20(22)23-3/h4-15H,1-2H2,3H3/b16-10+. The van der Waals surface area contributed by atoms with Crippen molar-refractivity contribution >= 4 is 17.5 Å². The first-order valence-corrected chi connectivity index (χ1v) is 7.35. The van der Waals surface area contributed by atoms with Gasteiger partial charge in [-0.1, -0.05) is 43.5 Å². The molecule has 0 spiro atoms. The van der Waals surface area contributed by atoms with E-state index in [2.05, 4.69) is 17.9 Å². The van der Waals surface area contributed by atoms with Gasteiger partial charge in [0.15, 0.2) is 0 Å². The SMILES string of the molecule is C=C/C=C(\C=C)N(c1ccccc1)c1cccc(OC(=O)OC)c1.